The molecule has 226 valence electrons. The number of hydrogen-bond acceptors (Lipinski definition) is 7. The summed E-state index contributed by atoms with van der Waals surface area (Å²) in [6.07, 6.45) is 8.07. The molecule has 2 aromatic carbocycles. The zero-order chi connectivity index (χ0) is 30.6. The number of hydrogen-bond donors (Lipinski definition) is 4. The first-order chi connectivity index (χ1) is 21.4. The molecule has 10 nitrogen and oxygen atoms in total. The maximum Gasteiger partial charge on any atom is 0.331 e. The molecule has 1 aliphatic carbocycles. The van der Waals surface area contributed by atoms with E-state index in [4.69, 9.17) is 4.74 Å². The van der Waals surface area contributed by atoms with Crippen molar-refractivity contribution >= 4 is 56.5 Å². The number of nitrogens with one attached hydrogen (secondary N) is 4. The van der Waals surface area contributed by atoms with Gasteiger partial charge in [-0.1, -0.05) is 24.3 Å². The Bertz CT molecular complexity index is 1730. The van der Waals surface area contributed by atoms with Crippen molar-refractivity contribution in [2.75, 3.05) is 23.8 Å². The van der Waals surface area contributed by atoms with Crippen LogP contribution in [0, 0.1) is 6.92 Å². The minimum Gasteiger partial charge on any atom is -0.457 e. The number of carbonyl (C=O) groups is 3. The largest absolute Gasteiger partial charge is 0.457 e. The van der Waals surface area contributed by atoms with E-state index >= 15 is 0 Å². The Hall–Kier alpha value is -4.74. The number of aromatic nitrogens is 1. The minimum atomic E-state index is -0.350. The summed E-state index contributed by atoms with van der Waals surface area (Å²) >= 11 is 1.27. The number of rotatable bonds is 9. The van der Waals surface area contributed by atoms with E-state index < -0.39 is 0 Å². The highest BCUT2D eigenvalue weighted by Gasteiger charge is 2.34. The molecule has 0 radical (unpaired) electrons. The Morgan fingerprint density at radius 3 is 2.50 bits per heavy atom. The molecule has 2 aliphatic rings. The molecule has 2 aromatic heterocycles. The quantitative estimate of drug-likeness (QED) is 0.172. The van der Waals surface area contributed by atoms with Crippen molar-refractivity contribution in [3.05, 3.63) is 83.4 Å². The van der Waals surface area contributed by atoms with Gasteiger partial charge >= 0.3 is 6.03 Å². The van der Waals surface area contributed by atoms with Gasteiger partial charge in [0.2, 0.25) is 5.91 Å². The van der Waals surface area contributed by atoms with Crippen molar-refractivity contribution in [1.82, 2.24) is 20.9 Å². The molecule has 4 amide bonds. The normalized spacial score (nSPS) is 17.9. The second kappa shape index (κ2) is 12.9. The summed E-state index contributed by atoms with van der Waals surface area (Å²) in [7, 11) is 1.83. The summed E-state index contributed by atoms with van der Waals surface area (Å²) in [4.78, 5) is 46.5. The fraction of sp³-hybridized carbons (Fsp3) is 0.273. The first kappa shape index (κ1) is 29.3. The molecule has 1 aliphatic heterocycles. The Labute approximate surface area is 259 Å². The second-order valence-corrected chi connectivity index (χ2v) is 11.9. The third kappa shape index (κ3) is 6.15. The standard InChI is InChI=1S/C33H34N6O4S/c1-20-19-24(43-23-7-4-3-5-8-23)14-15-25(20)39-26-16-18-35-32-28(26)29(38-33(39)42)30(44-32)31(41)37-22-12-10-21(11-13-22)36-27(40)9-6-17-34-2/h3-9,14-16,18-19,21-22,34H,10-13,17H2,1-2H3,(H,36,40)(H,37,41)(H,38,42)/b9-6+/t21-,22-. The van der Waals surface area contributed by atoms with E-state index in [1.807, 2.05) is 62.5 Å². The van der Waals surface area contributed by atoms with Gasteiger partial charge in [0.15, 0.2) is 0 Å². The van der Waals surface area contributed by atoms with Crippen molar-refractivity contribution in [2.45, 2.75) is 44.7 Å². The van der Waals surface area contributed by atoms with E-state index in [1.165, 1.54) is 11.3 Å². The number of anilines is 3. The Morgan fingerprint density at radius 1 is 1.02 bits per heavy atom. The number of para-hydroxylation sites is 1. The lowest BCUT2D eigenvalue weighted by Crippen LogP contribution is -2.43. The summed E-state index contributed by atoms with van der Waals surface area (Å²) < 4.78 is 5.98. The molecule has 6 rings (SSSR count). The number of carbonyl (C=O) groups excluding carboxylic acids is 3. The minimum absolute atomic E-state index is 0.0182. The predicted octanol–water partition coefficient (Wildman–Crippen LogP) is 6.01. The van der Waals surface area contributed by atoms with Gasteiger partial charge in [0.05, 0.1) is 22.4 Å². The molecule has 0 spiro atoms. The van der Waals surface area contributed by atoms with Crippen LogP contribution < -0.4 is 30.9 Å². The Morgan fingerprint density at radius 2 is 1.77 bits per heavy atom. The first-order valence-electron chi connectivity index (χ1n) is 14.7. The topological polar surface area (TPSA) is 125 Å². The Balaban J connectivity index is 1.17. The lowest BCUT2D eigenvalue weighted by atomic mass is 9.91. The number of amides is 4. The molecule has 4 N–H and O–H groups in total. The zero-order valence-electron chi connectivity index (χ0n) is 24.6. The number of urea groups is 1. The molecule has 3 heterocycles. The van der Waals surface area contributed by atoms with Crippen LogP contribution in [0.4, 0.5) is 21.9 Å². The van der Waals surface area contributed by atoms with E-state index in [0.717, 1.165) is 42.4 Å². The van der Waals surface area contributed by atoms with Crippen LogP contribution in [0.15, 0.2) is 72.9 Å². The van der Waals surface area contributed by atoms with Gasteiger partial charge in [-0.25, -0.2) is 9.78 Å². The SMILES string of the molecule is CNC/C=C/C(=O)N[C@H]1CC[C@H](NC(=O)c2sc3nccc4c3c2NC(=O)N4c2ccc(Oc3ccccc3)cc2C)CC1. The molecule has 0 saturated heterocycles. The average Bonchev–Trinajstić information content (AvgIpc) is 3.39. The lowest BCUT2D eigenvalue weighted by Gasteiger charge is -2.30. The maximum atomic E-state index is 13.6. The van der Waals surface area contributed by atoms with Gasteiger partial charge in [-0.3, -0.25) is 14.5 Å². The highest BCUT2D eigenvalue weighted by Crippen LogP contribution is 2.46. The van der Waals surface area contributed by atoms with Gasteiger partial charge < -0.3 is 26.0 Å². The maximum absolute atomic E-state index is 13.6. The number of likely N-dealkylation sites (N-methyl/N-ethyl adjacent to an activating group) is 1. The van der Waals surface area contributed by atoms with Crippen LogP contribution in [0.3, 0.4) is 0 Å². The lowest BCUT2D eigenvalue weighted by molar-refractivity contribution is -0.117. The summed E-state index contributed by atoms with van der Waals surface area (Å²) in [5.41, 5.74) is 2.72. The van der Waals surface area contributed by atoms with E-state index in [9.17, 15) is 14.4 Å². The van der Waals surface area contributed by atoms with Gasteiger partial charge in [0.25, 0.3) is 5.91 Å². The fourth-order valence-corrected chi connectivity index (χ4v) is 6.74. The highest BCUT2D eigenvalue weighted by molar-refractivity contribution is 7.21. The van der Waals surface area contributed by atoms with Gasteiger partial charge in [0, 0.05) is 30.9 Å². The van der Waals surface area contributed by atoms with Crippen molar-refractivity contribution in [3.63, 3.8) is 0 Å². The Kier molecular flexibility index (Phi) is 8.58. The molecule has 44 heavy (non-hydrogen) atoms. The van der Waals surface area contributed by atoms with Gasteiger partial charge in [0.1, 0.15) is 21.2 Å². The summed E-state index contributed by atoms with van der Waals surface area (Å²) in [6.45, 7) is 2.57. The molecule has 11 heteroatoms. The number of ether oxygens (including phenoxy) is 1. The van der Waals surface area contributed by atoms with E-state index in [1.54, 1.807) is 29.3 Å². The molecule has 1 saturated carbocycles. The van der Waals surface area contributed by atoms with Crippen molar-refractivity contribution in [3.8, 4) is 11.5 Å². The van der Waals surface area contributed by atoms with Gasteiger partial charge in [-0.05, 0) is 81.6 Å². The summed E-state index contributed by atoms with van der Waals surface area (Å²) in [6, 6.07) is 16.6. The summed E-state index contributed by atoms with van der Waals surface area (Å²) in [5, 5.41) is 12.9. The molecule has 0 unspecified atom stereocenters. The van der Waals surface area contributed by atoms with Crippen LogP contribution in [0.2, 0.25) is 0 Å². The van der Waals surface area contributed by atoms with Gasteiger partial charge in [-0.2, -0.15) is 0 Å². The molecular formula is C33H34N6O4S. The number of pyridine rings is 1. The van der Waals surface area contributed by atoms with Crippen molar-refractivity contribution < 1.29 is 19.1 Å². The fourth-order valence-electron chi connectivity index (χ4n) is 5.72. The highest BCUT2D eigenvalue weighted by atomic mass is 32.1. The smallest absolute Gasteiger partial charge is 0.331 e. The third-order valence-electron chi connectivity index (χ3n) is 7.84. The van der Waals surface area contributed by atoms with E-state index in [2.05, 4.69) is 26.3 Å². The molecule has 4 aromatic rings. The predicted molar refractivity (Wildman–Crippen MR) is 173 cm³/mol. The van der Waals surface area contributed by atoms with Crippen LogP contribution in [0.1, 0.15) is 40.9 Å². The van der Waals surface area contributed by atoms with Crippen molar-refractivity contribution in [1.29, 1.82) is 0 Å². The molecule has 1 fully saturated rings. The number of nitrogens with zero attached hydrogens (tertiary/aromatic N) is 2. The van der Waals surface area contributed by atoms with Crippen molar-refractivity contribution in [2.24, 2.45) is 0 Å². The number of aryl methyl sites for hydroxylation is 1. The van der Waals surface area contributed by atoms with Crippen LogP contribution >= 0.6 is 11.3 Å². The summed E-state index contributed by atoms with van der Waals surface area (Å²) in [5.74, 6) is 1.07. The van der Waals surface area contributed by atoms with Crippen LogP contribution in [-0.4, -0.2) is 48.5 Å². The number of thiophene rings is 1. The monoisotopic (exact) mass is 610 g/mol. The zero-order valence-corrected chi connectivity index (χ0v) is 25.4. The van der Waals surface area contributed by atoms with Crippen LogP contribution in [0.25, 0.3) is 10.2 Å². The molecule has 0 atom stereocenters. The van der Waals surface area contributed by atoms with E-state index in [-0.39, 0.29) is 29.9 Å². The van der Waals surface area contributed by atoms with Crippen LogP contribution in [0.5, 0.6) is 11.5 Å². The van der Waals surface area contributed by atoms with Gasteiger partial charge in [-0.15, -0.1) is 11.3 Å². The second-order valence-electron chi connectivity index (χ2n) is 10.9. The first-order valence-corrected chi connectivity index (χ1v) is 15.5. The number of benzene rings is 2. The molecule has 0 bridgehead atoms. The average molecular weight is 611 g/mol. The van der Waals surface area contributed by atoms with E-state index in [0.29, 0.717) is 39.1 Å². The van der Waals surface area contributed by atoms with Crippen LogP contribution in [-0.2, 0) is 4.79 Å². The molecular weight excluding hydrogens is 576 g/mol. The third-order valence-corrected chi connectivity index (χ3v) is 8.94.